The van der Waals surface area contributed by atoms with Gasteiger partial charge in [-0.15, -0.1) is 0 Å². The molecule has 0 saturated heterocycles. The van der Waals surface area contributed by atoms with E-state index < -0.39 is 5.92 Å². The summed E-state index contributed by atoms with van der Waals surface area (Å²) in [6.07, 6.45) is 3.57. The van der Waals surface area contributed by atoms with Crippen molar-refractivity contribution in [3.05, 3.63) is 0 Å². The molecule has 0 bridgehead atoms. The summed E-state index contributed by atoms with van der Waals surface area (Å²) in [6.45, 7) is 6.73. The smallest absolute Gasteiger partial charge is 0.207 e. The standard InChI is InChI=1S/C12H20F2/c1-4-10(2,3)9-5-11(6-9)7-12(13,14)8-11/h9H,4-8H2,1-3H3. The first-order valence-corrected chi connectivity index (χ1v) is 5.67. The van der Waals surface area contributed by atoms with Gasteiger partial charge in [-0.3, -0.25) is 0 Å². The summed E-state index contributed by atoms with van der Waals surface area (Å²) < 4.78 is 25.5. The molecule has 0 unspecified atom stereocenters. The van der Waals surface area contributed by atoms with E-state index in [1.165, 1.54) is 0 Å². The second-order valence-electron chi connectivity index (χ2n) is 6.16. The van der Waals surface area contributed by atoms with Crippen LogP contribution in [-0.2, 0) is 0 Å². The van der Waals surface area contributed by atoms with E-state index in [0.29, 0.717) is 11.3 Å². The molecular weight excluding hydrogens is 182 g/mol. The molecule has 82 valence electrons. The van der Waals surface area contributed by atoms with Crippen molar-refractivity contribution in [2.24, 2.45) is 16.7 Å². The van der Waals surface area contributed by atoms with Crippen LogP contribution in [-0.4, -0.2) is 5.92 Å². The van der Waals surface area contributed by atoms with Gasteiger partial charge in [0, 0.05) is 12.8 Å². The Balaban J connectivity index is 1.86. The molecule has 2 aliphatic carbocycles. The maximum Gasteiger partial charge on any atom is 0.249 e. The molecule has 0 aromatic carbocycles. The highest BCUT2D eigenvalue weighted by Gasteiger charge is 2.63. The minimum Gasteiger partial charge on any atom is -0.207 e. The maximum atomic E-state index is 12.8. The van der Waals surface area contributed by atoms with E-state index in [9.17, 15) is 8.78 Å². The number of hydrogen-bond acceptors (Lipinski definition) is 0. The highest BCUT2D eigenvalue weighted by Crippen LogP contribution is 2.67. The molecule has 2 saturated carbocycles. The van der Waals surface area contributed by atoms with Gasteiger partial charge in [-0.05, 0) is 29.6 Å². The number of hydrogen-bond donors (Lipinski definition) is 0. The SMILES string of the molecule is CCC(C)(C)C1CC2(C1)CC(F)(F)C2. The average Bonchev–Trinajstić information content (AvgIpc) is 1.94. The van der Waals surface area contributed by atoms with Crippen LogP contribution in [0.4, 0.5) is 8.78 Å². The molecule has 0 aromatic heterocycles. The van der Waals surface area contributed by atoms with Crippen LogP contribution in [0.25, 0.3) is 0 Å². The van der Waals surface area contributed by atoms with Crippen molar-refractivity contribution in [3.63, 3.8) is 0 Å². The van der Waals surface area contributed by atoms with E-state index in [1.54, 1.807) is 0 Å². The van der Waals surface area contributed by atoms with Gasteiger partial charge in [0.2, 0.25) is 5.92 Å². The van der Waals surface area contributed by atoms with Gasteiger partial charge in [0.05, 0.1) is 0 Å². The van der Waals surface area contributed by atoms with Gasteiger partial charge in [0.1, 0.15) is 0 Å². The third-order valence-corrected chi connectivity index (χ3v) is 4.64. The monoisotopic (exact) mass is 202 g/mol. The van der Waals surface area contributed by atoms with Crippen LogP contribution in [0, 0.1) is 16.7 Å². The summed E-state index contributed by atoms with van der Waals surface area (Å²) in [5, 5.41) is 0. The van der Waals surface area contributed by atoms with Crippen LogP contribution in [0.3, 0.4) is 0 Å². The van der Waals surface area contributed by atoms with E-state index in [0.717, 1.165) is 19.3 Å². The largest absolute Gasteiger partial charge is 0.249 e. The maximum absolute atomic E-state index is 12.8. The lowest BCUT2D eigenvalue weighted by Gasteiger charge is -2.61. The lowest BCUT2D eigenvalue weighted by molar-refractivity contribution is -0.219. The van der Waals surface area contributed by atoms with Gasteiger partial charge >= 0.3 is 0 Å². The molecule has 1 spiro atoms. The van der Waals surface area contributed by atoms with Gasteiger partial charge in [-0.2, -0.15) is 0 Å². The average molecular weight is 202 g/mol. The van der Waals surface area contributed by atoms with Crippen molar-refractivity contribution in [2.75, 3.05) is 0 Å². The second-order valence-corrected chi connectivity index (χ2v) is 6.16. The summed E-state index contributed by atoms with van der Waals surface area (Å²) in [6, 6.07) is 0. The Morgan fingerprint density at radius 2 is 1.71 bits per heavy atom. The Hall–Kier alpha value is -0.140. The van der Waals surface area contributed by atoms with E-state index >= 15 is 0 Å². The first-order valence-electron chi connectivity index (χ1n) is 5.67. The number of alkyl halides is 2. The lowest BCUT2D eigenvalue weighted by atomic mass is 9.46. The van der Waals surface area contributed by atoms with E-state index in [2.05, 4.69) is 20.8 Å². The Morgan fingerprint density at radius 1 is 1.21 bits per heavy atom. The van der Waals surface area contributed by atoms with Crippen LogP contribution in [0.2, 0.25) is 0 Å². The normalized spacial score (nSPS) is 29.8. The fraction of sp³-hybridized carbons (Fsp3) is 1.00. The minimum absolute atomic E-state index is 0.0562. The van der Waals surface area contributed by atoms with Crippen molar-refractivity contribution in [2.45, 2.75) is 58.8 Å². The molecule has 0 atom stereocenters. The highest BCUT2D eigenvalue weighted by atomic mass is 19.3. The zero-order valence-corrected chi connectivity index (χ0v) is 9.37. The summed E-state index contributed by atoms with van der Waals surface area (Å²) in [5.74, 6) is -1.65. The molecule has 0 amide bonds. The van der Waals surface area contributed by atoms with Crippen molar-refractivity contribution in [3.8, 4) is 0 Å². The van der Waals surface area contributed by atoms with Gasteiger partial charge in [0.25, 0.3) is 0 Å². The molecule has 14 heavy (non-hydrogen) atoms. The van der Waals surface area contributed by atoms with Crippen molar-refractivity contribution < 1.29 is 8.78 Å². The Bertz CT molecular complexity index is 227. The van der Waals surface area contributed by atoms with Gasteiger partial charge in [-0.25, -0.2) is 8.78 Å². The topological polar surface area (TPSA) is 0 Å². The Kier molecular flexibility index (Phi) is 2.01. The molecule has 0 nitrogen and oxygen atoms in total. The lowest BCUT2D eigenvalue weighted by Crippen LogP contribution is -2.56. The number of rotatable bonds is 2. The third-order valence-electron chi connectivity index (χ3n) is 4.64. The summed E-state index contributed by atoms with van der Waals surface area (Å²) >= 11 is 0. The molecule has 0 heterocycles. The molecule has 0 aromatic rings. The zero-order chi connectivity index (χ0) is 10.6. The van der Waals surface area contributed by atoms with Gasteiger partial charge in [0.15, 0.2) is 0 Å². The van der Waals surface area contributed by atoms with Crippen LogP contribution in [0.5, 0.6) is 0 Å². The molecule has 2 fully saturated rings. The summed E-state index contributed by atoms with van der Waals surface area (Å²) in [4.78, 5) is 0. The van der Waals surface area contributed by atoms with Crippen molar-refractivity contribution in [1.29, 1.82) is 0 Å². The highest BCUT2D eigenvalue weighted by molar-refractivity contribution is 5.08. The first kappa shape index (κ1) is 10.4. The van der Waals surface area contributed by atoms with Crippen LogP contribution >= 0.6 is 0 Å². The third kappa shape index (κ3) is 1.47. The fourth-order valence-corrected chi connectivity index (χ4v) is 3.16. The molecule has 2 rings (SSSR count). The molecule has 2 aliphatic rings. The summed E-state index contributed by atoms with van der Waals surface area (Å²) in [7, 11) is 0. The van der Waals surface area contributed by atoms with Crippen molar-refractivity contribution >= 4 is 0 Å². The quantitative estimate of drug-likeness (QED) is 0.628. The second kappa shape index (κ2) is 2.70. The Morgan fingerprint density at radius 3 is 2.07 bits per heavy atom. The van der Waals surface area contributed by atoms with Gasteiger partial charge in [-0.1, -0.05) is 27.2 Å². The molecule has 0 radical (unpaired) electrons. The predicted octanol–water partition coefficient (Wildman–Crippen LogP) is 4.25. The zero-order valence-electron chi connectivity index (χ0n) is 9.37. The molecular formula is C12H20F2. The van der Waals surface area contributed by atoms with E-state index in [-0.39, 0.29) is 18.3 Å². The fourth-order valence-electron chi connectivity index (χ4n) is 3.16. The minimum atomic E-state index is -2.33. The van der Waals surface area contributed by atoms with Crippen LogP contribution in [0.15, 0.2) is 0 Å². The van der Waals surface area contributed by atoms with Crippen LogP contribution in [0.1, 0.15) is 52.9 Å². The van der Waals surface area contributed by atoms with E-state index in [1.807, 2.05) is 0 Å². The molecule has 0 N–H and O–H groups in total. The van der Waals surface area contributed by atoms with Gasteiger partial charge < -0.3 is 0 Å². The van der Waals surface area contributed by atoms with Crippen LogP contribution < -0.4 is 0 Å². The number of halogens is 2. The predicted molar refractivity (Wildman–Crippen MR) is 53.4 cm³/mol. The molecule has 2 heteroatoms. The van der Waals surface area contributed by atoms with Crippen molar-refractivity contribution in [1.82, 2.24) is 0 Å². The first-order chi connectivity index (χ1) is 6.29. The molecule has 0 aliphatic heterocycles. The summed E-state index contributed by atoms with van der Waals surface area (Å²) in [5.41, 5.74) is 0.413. The van der Waals surface area contributed by atoms with E-state index in [4.69, 9.17) is 0 Å². The Labute approximate surface area is 85.1 Å².